The minimum absolute atomic E-state index is 0.816. The summed E-state index contributed by atoms with van der Waals surface area (Å²) in [6.45, 7) is 5.42. The fourth-order valence-corrected chi connectivity index (χ4v) is 2.34. The molecule has 1 fully saturated rings. The van der Waals surface area contributed by atoms with Crippen molar-refractivity contribution in [3.05, 3.63) is 33.8 Å². The van der Waals surface area contributed by atoms with E-state index < -0.39 is 0 Å². The van der Waals surface area contributed by atoms with Gasteiger partial charge < -0.3 is 10.2 Å². The summed E-state index contributed by atoms with van der Waals surface area (Å²) in [5.41, 5.74) is 2.78. The predicted octanol–water partition coefficient (Wildman–Crippen LogP) is 2.94. The number of hydrogen-bond donors (Lipinski definition) is 1. The van der Waals surface area contributed by atoms with E-state index in [-0.39, 0.29) is 0 Å². The van der Waals surface area contributed by atoms with Crippen LogP contribution in [0.3, 0.4) is 0 Å². The molecule has 0 heterocycles. The van der Waals surface area contributed by atoms with Gasteiger partial charge in [0.15, 0.2) is 0 Å². The van der Waals surface area contributed by atoms with E-state index in [0.717, 1.165) is 25.7 Å². The predicted molar refractivity (Wildman–Crippen MR) is 76.2 cm³/mol. The van der Waals surface area contributed by atoms with E-state index >= 15 is 0 Å². The second kappa shape index (κ2) is 5.98. The lowest BCUT2D eigenvalue weighted by atomic mass is 10.1. The van der Waals surface area contributed by atoms with Crippen LogP contribution in [-0.4, -0.2) is 31.1 Å². The normalized spacial score (nSPS) is 15.5. The lowest BCUT2D eigenvalue weighted by Crippen LogP contribution is -2.30. The molecule has 0 saturated heterocycles. The van der Waals surface area contributed by atoms with Crippen LogP contribution in [0.2, 0.25) is 0 Å². The molecule has 1 N–H and O–H groups in total. The number of aryl methyl sites for hydroxylation is 1. The lowest BCUT2D eigenvalue weighted by molar-refractivity contribution is 0.323. The van der Waals surface area contributed by atoms with Crippen molar-refractivity contribution in [3.8, 4) is 0 Å². The average Bonchev–Trinajstić information content (AvgIpc) is 3.07. The second-order valence-corrected chi connectivity index (χ2v) is 5.95. The fraction of sp³-hybridized carbons (Fsp3) is 0.571. The third-order valence-electron chi connectivity index (χ3n) is 3.26. The molecule has 0 amide bonds. The molecule has 94 valence electrons. The average molecular weight is 297 g/mol. The number of hydrogen-bond acceptors (Lipinski definition) is 2. The third-order valence-corrected chi connectivity index (χ3v) is 3.75. The Balaban J connectivity index is 1.79. The molecule has 1 aliphatic rings. The summed E-state index contributed by atoms with van der Waals surface area (Å²) >= 11 is 3.54. The number of halogens is 1. The Kier molecular flexibility index (Phi) is 4.60. The topological polar surface area (TPSA) is 15.3 Å². The Labute approximate surface area is 113 Å². The fourth-order valence-electron chi connectivity index (χ4n) is 1.93. The Morgan fingerprint density at radius 3 is 2.88 bits per heavy atom. The summed E-state index contributed by atoms with van der Waals surface area (Å²) in [7, 11) is 2.19. The van der Waals surface area contributed by atoms with Crippen molar-refractivity contribution < 1.29 is 0 Å². The van der Waals surface area contributed by atoms with Gasteiger partial charge in [0.2, 0.25) is 0 Å². The van der Waals surface area contributed by atoms with E-state index in [2.05, 4.69) is 58.3 Å². The van der Waals surface area contributed by atoms with Crippen molar-refractivity contribution in [2.24, 2.45) is 0 Å². The van der Waals surface area contributed by atoms with Crippen LogP contribution in [0.1, 0.15) is 24.0 Å². The van der Waals surface area contributed by atoms with Gasteiger partial charge in [-0.05, 0) is 50.1 Å². The van der Waals surface area contributed by atoms with Crippen molar-refractivity contribution in [1.29, 1.82) is 0 Å². The zero-order chi connectivity index (χ0) is 12.3. The highest BCUT2D eigenvalue weighted by Crippen LogP contribution is 2.19. The Hall–Kier alpha value is -0.380. The minimum atomic E-state index is 0.816. The molecule has 1 saturated carbocycles. The van der Waals surface area contributed by atoms with E-state index in [0.29, 0.717) is 0 Å². The standard InChI is InChI=1S/C14H21BrN2/c1-11-3-4-13(15)9-12(11)10-17(2)8-7-16-14-5-6-14/h3-4,9,14,16H,5-8,10H2,1-2H3. The molecule has 0 unspecified atom stereocenters. The molecule has 3 heteroatoms. The molecule has 0 bridgehead atoms. The number of nitrogens with one attached hydrogen (secondary N) is 1. The highest BCUT2D eigenvalue weighted by molar-refractivity contribution is 9.10. The molecule has 1 aromatic carbocycles. The van der Waals surface area contributed by atoms with E-state index in [1.54, 1.807) is 0 Å². The summed E-state index contributed by atoms with van der Waals surface area (Å²) in [5, 5.41) is 3.55. The Morgan fingerprint density at radius 2 is 2.18 bits per heavy atom. The van der Waals surface area contributed by atoms with Crippen molar-refractivity contribution in [2.75, 3.05) is 20.1 Å². The van der Waals surface area contributed by atoms with Crippen molar-refractivity contribution in [1.82, 2.24) is 10.2 Å². The number of likely N-dealkylation sites (N-methyl/N-ethyl adjacent to an activating group) is 1. The summed E-state index contributed by atoms with van der Waals surface area (Å²) < 4.78 is 1.17. The molecule has 17 heavy (non-hydrogen) atoms. The maximum atomic E-state index is 3.55. The van der Waals surface area contributed by atoms with E-state index in [9.17, 15) is 0 Å². The Morgan fingerprint density at radius 1 is 1.41 bits per heavy atom. The molecule has 2 rings (SSSR count). The van der Waals surface area contributed by atoms with E-state index in [1.165, 1.54) is 28.4 Å². The first-order valence-electron chi connectivity index (χ1n) is 6.32. The van der Waals surface area contributed by atoms with Gasteiger partial charge in [-0.3, -0.25) is 0 Å². The molecule has 0 radical (unpaired) electrons. The van der Waals surface area contributed by atoms with Crippen molar-refractivity contribution >= 4 is 15.9 Å². The zero-order valence-corrected chi connectivity index (χ0v) is 12.3. The van der Waals surface area contributed by atoms with Crippen LogP contribution in [-0.2, 0) is 6.54 Å². The van der Waals surface area contributed by atoms with E-state index in [4.69, 9.17) is 0 Å². The SMILES string of the molecule is Cc1ccc(Br)cc1CN(C)CCNC1CC1. The van der Waals surface area contributed by atoms with Gasteiger partial charge in [0.05, 0.1) is 0 Å². The smallest absolute Gasteiger partial charge is 0.0234 e. The van der Waals surface area contributed by atoms with Gasteiger partial charge in [0.1, 0.15) is 0 Å². The lowest BCUT2D eigenvalue weighted by Gasteiger charge is -2.18. The third kappa shape index (κ3) is 4.41. The van der Waals surface area contributed by atoms with Crippen LogP contribution in [0.25, 0.3) is 0 Å². The van der Waals surface area contributed by atoms with Crippen LogP contribution >= 0.6 is 15.9 Å². The number of rotatable bonds is 6. The molecular weight excluding hydrogens is 276 g/mol. The first kappa shape index (κ1) is 13.1. The van der Waals surface area contributed by atoms with E-state index in [1.807, 2.05) is 0 Å². The molecule has 0 atom stereocenters. The van der Waals surface area contributed by atoms with Gasteiger partial charge in [-0.2, -0.15) is 0 Å². The van der Waals surface area contributed by atoms with Gasteiger partial charge >= 0.3 is 0 Å². The molecule has 0 aliphatic heterocycles. The molecule has 0 spiro atoms. The van der Waals surface area contributed by atoms with Crippen LogP contribution in [0.15, 0.2) is 22.7 Å². The van der Waals surface area contributed by atoms with Gasteiger partial charge in [0.25, 0.3) is 0 Å². The molecule has 0 aromatic heterocycles. The number of benzene rings is 1. The zero-order valence-electron chi connectivity index (χ0n) is 10.7. The largest absolute Gasteiger partial charge is 0.313 e. The summed E-state index contributed by atoms with van der Waals surface area (Å²) in [6.07, 6.45) is 2.74. The van der Waals surface area contributed by atoms with Crippen molar-refractivity contribution in [2.45, 2.75) is 32.4 Å². The van der Waals surface area contributed by atoms with Gasteiger partial charge in [-0.1, -0.05) is 22.0 Å². The highest BCUT2D eigenvalue weighted by atomic mass is 79.9. The van der Waals surface area contributed by atoms with Crippen LogP contribution in [0.4, 0.5) is 0 Å². The van der Waals surface area contributed by atoms with Gasteiger partial charge in [0, 0.05) is 30.1 Å². The molecule has 1 aromatic rings. The molecular formula is C14H21BrN2. The first-order valence-corrected chi connectivity index (χ1v) is 7.11. The second-order valence-electron chi connectivity index (χ2n) is 5.04. The van der Waals surface area contributed by atoms with Crippen LogP contribution in [0.5, 0.6) is 0 Å². The minimum Gasteiger partial charge on any atom is -0.313 e. The van der Waals surface area contributed by atoms with Crippen LogP contribution in [0, 0.1) is 6.92 Å². The summed E-state index contributed by atoms with van der Waals surface area (Å²) in [4.78, 5) is 2.38. The molecule has 2 nitrogen and oxygen atoms in total. The number of nitrogens with zero attached hydrogens (tertiary/aromatic N) is 1. The van der Waals surface area contributed by atoms with Gasteiger partial charge in [-0.25, -0.2) is 0 Å². The first-order chi connectivity index (χ1) is 8.15. The van der Waals surface area contributed by atoms with Crippen LogP contribution < -0.4 is 5.32 Å². The quantitative estimate of drug-likeness (QED) is 0.868. The summed E-state index contributed by atoms with van der Waals surface area (Å²) in [6, 6.07) is 7.32. The maximum Gasteiger partial charge on any atom is 0.0234 e. The summed E-state index contributed by atoms with van der Waals surface area (Å²) in [5.74, 6) is 0. The van der Waals surface area contributed by atoms with Crippen molar-refractivity contribution in [3.63, 3.8) is 0 Å². The Bertz CT molecular complexity index is 374. The van der Waals surface area contributed by atoms with Gasteiger partial charge in [-0.15, -0.1) is 0 Å². The maximum absolute atomic E-state index is 3.55. The molecule has 1 aliphatic carbocycles. The highest BCUT2D eigenvalue weighted by Gasteiger charge is 2.19. The monoisotopic (exact) mass is 296 g/mol.